The Kier molecular flexibility index (Phi) is 5.53. The van der Waals surface area contributed by atoms with Crippen molar-refractivity contribution < 1.29 is 13.9 Å². The number of rotatable bonds is 6. The summed E-state index contributed by atoms with van der Waals surface area (Å²) < 4.78 is 11.2. The van der Waals surface area contributed by atoms with Crippen molar-refractivity contribution in [3.8, 4) is 0 Å². The summed E-state index contributed by atoms with van der Waals surface area (Å²) in [7, 11) is 1.59. The van der Waals surface area contributed by atoms with Crippen LogP contribution in [-0.4, -0.2) is 19.6 Å². The van der Waals surface area contributed by atoms with E-state index in [1.54, 1.807) is 19.3 Å². The lowest BCUT2D eigenvalue weighted by Gasteiger charge is -2.12. The third-order valence-corrected chi connectivity index (χ3v) is 4.17. The molecule has 4 nitrogen and oxygen atoms in total. The van der Waals surface area contributed by atoms with Crippen molar-refractivity contribution in [2.45, 2.75) is 6.10 Å². The molecule has 1 amide bonds. The molecule has 0 aliphatic carbocycles. The average molecular weight is 356 g/mol. The fourth-order valence-electron chi connectivity index (χ4n) is 2.49. The molecule has 3 rings (SSSR count). The second kappa shape index (κ2) is 8.01. The maximum atomic E-state index is 12.0. The predicted molar refractivity (Wildman–Crippen MR) is 99.5 cm³/mol. The molecule has 128 valence electrons. The lowest BCUT2D eigenvalue weighted by atomic mass is 10.2. The largest absolute Gasteiger partial charge is 0.458 e. The lowest BCUT2D eigenvalue weighted by Crippen LogP contribution is -2.27. The van der Waals surface area contributed by atoms with Gasteiger partial charge in [0.25, 0.3) is 0 Å². The first kappa shape index (κ1) is 17.3. The van der Waals surface area contributed by atoms with Gasteiger partial charge in [0, 0.05) is 23.6 Å². The molecule has 0 aliphatic rings. The van der Waals surface area contributed by atoms with Crippen LogP contribution in [0.3, 0.4) is 0 Å². The van der Waals surface area contributed by atoms with Crippen LogP contribution in [0.25, 0.3) is 17.0 Å². The minimum absolute atomic E-state index is 0.224. The highest BCUT2D eigenvalue weighted by molar-refractivity contribution is 6.32. The van der Waals surface area contributed by atoms with Crippen LogP contribution in [-0.2, 0) is 9.53 Å². The molecule has 0 aliphatic heterocycles. The Bertz CT molecular complexity index is 868. The van der Waals surface area contributed by atoms with Crippen molar-refractivity contribution in [3.63, 3.8) is 0 Å². The van der Waals surface area contributed by atoms with Gasteiger partial charge >= 0.3 is 0 Å². The molecule has 0 radical (unpaired) electrons. The predicted octanol–water partition coefficient (Wildman–Crippen LogP) is 4.60. The van der Waals surface area contributed by atoms with Gasteiger partial charge in [0.15, 0.2) is 0 Å². The number of para-hydroxylation sites is 1. The Morgan fingerprint density at radius 2 is 2.00 bits per heavy atom. The smallest absolute Gasteiger partial charge is 0.244 e. The maximum Gasteiger partial charge on any atom is 0.244 e. The third-order valence-electron chi connectivity index (χ3n) is 3.83. The molecular formula is C20H18ClNO3. The van der Waals surface area contributed by atoms with Crippen LogP contribution in [0, 0.1) is 0 Å². The van der Waals surface area contributed by atoms with Crippen LogP contribution < -0.4 is 5.32 Å². The molecule has 5 heteroatoms. The highest BCUT2D eigenvalue weighted by Crippen LogP contribution is 2.25. The summed E-state index contributed by atoms with van der Waals surface area (Å²) >= 11 is 6.06. The summed E-state index contributed by atoms with van der Waals surface area (Å²) in [4.78, 5) is 12.0. The molecule has 0 fully saturated rings. The van der Waals surface area contributed by atoms with E-state index in [4.69, 9.17) is 20.8 Å². The van der Waals surface area contributed by atoms with Crippen LogP contribution in [0.5, 0.6) is 0 Å². The number of fused-ring (bicyclic) bond motifs is 1. The zero-order valence-corrected chi connectivity index (χ0v) is 14.5. The van der Waals surface area contributed by atoms with E-state index >= 15 is 0 Å². The van der Waals surface area contributed by atoms with Gasteiger partial charge in [-0.05, 0) is 29.8 Å². The van der Waals surface area contributed by atoms with E-state index in [-0.39, 0.29) is 12.0 Å². The summed E-state index contributed by atoms with van der Waals surface area (Å²) in [6.45, 7) is 0.308. The molecule has 0 saturated heterocycles. The summed E-state index contributed by atoms with van der Waals surface area (Å²) in [5.41, 5.74) is 1.59. The van der Waals surface area contributed by atoms with Gasteiger partial charge in [-0.15, -0.1) is 0 Å². The van der Waals surface area contributed by atoms with Crippen molar-refractivity contribution in [1.82, 2.24) is 5.32 Å². The van der Waals surface area contributed by atoms with Gasteiger partial charge in [-0.1, -0.05) is 48.0 Å². The van der Waals surface area contributed by atoms with E-state index < -0.39 is 0 Å². The van der Waals surface area contributed by atoms with Crippen LogP contribution in [0.15, 0.2) is 65.1 Å². The highest BCUT2D eigenvalue weighted by Gasteiger charge is 2.16. The molecule has 1 N–H and O–H groups in total. The second-order valence-electron chi connectivity index (χ2n) is 5.51. The number of amides is 1. The number of furan rings is 1. The lowest BCUT2D eigenvalue weighted by molar-refractivity contribution is -0.117. The molecule has 0 spiro atoms. The molecule has 1 unspecified atom stereocenters. The number of hydrogen-bond donors (Lipinski definition) is 1. The summed E-state index contributed by atoms with van der Waals surface area (Å²) in [5, 5.41) is 4.42. The van der Waals surface area contributed by atoms with E-state index in [0.29, 0.717) is 17.3 Å². The van der Waals surface area contributed by atoms with Crippen molar-refractivity contribution in [2.75, 3.05) is 13.7 Å². The van der Waals surface area contributed by atoms with E-state index in [1.807, 2.05) is 48.5 Å². The van der Waals surface area contributed by atoms with Gasteiger partial charge in [-0.25, -0.2) is 0 Å². The van der Waals surface area contributed by atoms with Gasteiger partial charge in [0.2, 0.25) is 5.91 Å². The number of benzene rings is 2. The van der Waals surface area contributed by atoms with Crippen molar-refractivity contribution in [2.24, 2.45) is 0 Å². The molecule has 1 heterocycles. The normalized spacial score (nSPS) is 12.6. The Morgan fingerprint density at radius 1 is 1.24 bits per heavy atom. The van der Waals surface area contributed by atoms with Gasteiger partial charge in [0.1, 0.15) is 17.4 Å². The zero-order valence-electron chi connectivity index (χ0n) is 13.7. The average Bonchev–Trinajstić information content (AvgIpc) is 3.05. The Balaban J connectivity index is 1.62. The summed E-state index contributed by atoms with van der Waals surface area (Å²) in [6.07, 6.45) is 2.78. The molecular weight excluding hydrogens is 338 g/mol. The summed E-state index contributed by atoms with van der Waals surface area (Å²) in [5.74, 6) is 0.456. The number of carbonyl (C=O) groups excluding carboxylic acids is 1. The number of carbonyl (C=O) groups is 1. The van der Waals surface area contributed by atoms with Crippen LogP contribution in [0.1, 0.15) is 17.4 Å². The number of methoxy groups -OCH3 is 1. The second-order valence-corrected chi connectivity index (χ2v) is 5.92. The standard InChI is InChI=1S/C20H18ClNO3/c1-24-19(18-12-15-7-3-5-9-17(15)25-18)13-22-20(23)11-10-14-6-2-4-8-16(14)21/h2-12,19H,13H2,1H3,(H,22,23)/b11-10+. The van der Waals surface area contributed by atoms with Gasteiger partial charge < -0.3 is 14.5 Å². The Hall–Kier alpha value is -2.56. The number of halogens is 1. The SMILES string of the molecule is COC(CNC(=O)/C=C/c1ccccc1Cl)c1cc2ccccc2o1. The molecule has 3 aromatic rings. The third kappa shape index (κ3) is 4.29. The first-order valence-electron chi connectivity index (χ1n) is 7.89. The van der Waals surface area contributed by atoms with Gasteiger partial charge in [-0.2, -0.15) is 0 Å². The van der Waals surface area contributed by atoms with E-state index in [0.717, 1.165) is 16.5 Å². The topological polar surface area (TPSA) is 51.5 Å². The first-order chi connectivity index (χ1) is 12.2. The zero-order chi connectivity index (χ0) is 17.6. The van der Waals surface area contributed by atoms with Crippen molar-refractivity contribution in [1.29, 1.82) is 0 Å². The fraction of sp³-hybridized carbons (Fsp3) is 0.150. The maximum absolute atomic E-state index is 12.0. The first-order valence-corrected chi connectivity index (χ1v) is 8.27. The molecule has 1 aromatic heterocycles. The van der Waals surface area contributed by atoms with Gasteiger partial charge in [0.05, 0.1) is 6.54 Å². The minimum atomic E-state index is -0.356. The number of hydrogen-bond acceptors (Lipinski definition) is 3. The Labute approximate surface area is 151 Å². The molecule has 0 saturated carbocycles. The van der Waals surface area contributed by atoms with Crippen molar-refractivity contribution >= 4 is 34.6 Å². The van der Waals surface area contributed by atoms with Crippen LogP contribution in [0.2, 0.25) is 5.02 Å². The molecule has 1 atom stereocenters. The fourth-order valence-corrected chi connectivity index (χ4v) is 2.69. The highest BCUT2D eigenvalue weighted by atomic mass is 35.5. The number of ether oxygens (including phenoxy) is 1. The molecule has 25 heavy (non-hydrogen) atoms. The Morgan fingerprint density at radius 3 is 2.76 bits per heavy atom. The van der Waals surface area contributed by atoms with Crippen LogP contribution >= 0.6 is 11.6 Å². The minimum Gasteiger partial charge on any atom is -0.458 e. The van der Waals surface area contributed by atoms with E-state index in [9.17, 15) is 4.79 Å². The van der Waals surface area contributed by atoms with E-state index in [1.165, 1.54) is 6.08 Å². The van der Waals surface area contributed by atoms with Gasteiger partial charge in [-0.3, -0.25) is 4.79 Å². The number of nitrogens with one attached hydrogen (secondary N) is 1. The summed E-state index contributed by atoms with van der Waals surface area (Å²) in [6, 6.07) is 17.0. The van der Waals surface area contributed by atoms with E-state index in [2.05, 4.69) is 5.32 Å². The monoisotopic (exact) mass is 355 g/mol. The van der Waals surface area contributed by atoms with Crippen LogP contribution in [0.4, 0.5) is 0 Å². The van der Waals surface area contributed by atoms with Crippen molar-refractivity contribution in [3.05, 3.63) is 77.0 Å². The molecule has 2 aromatic carbocycles. The quantitative estimate of drug-likeness (QED) is 0.657. The molecule has 0 bridgehead atoms.